The van der Waals surface area contributed by atoms with E-state index < -0.39 is 0 Å². The van der Waals surface area contributed by atoms with Gasteiger partial charge in [0.25, 0.3) is 0 Å². The fraction of sp³-hybridized carbons (Fsp3) is 0.250. The smallest absolute Gasteiger partial charge is 0.240 e. The van der Waals surface area contributed by atoms with E-state index in [0.29, 0.717) is 11.2 Å². The van der Waals surface area contributed by atoms with Crippen LogP contribution in [0.4, 0.5) is 5.95 Å². The van der Waals surface area contributed by atoms with Gasteiger partial charge in [-0.05, 0) is 5.56 Å². The first-order valence-electron chi connectivity index (χ1n) is 5.67. The van der Waals surface area contributed by atoms with Gasteiger partial charge in [-0.15, -0.1) is 5.10 Å². The van der Waals surface area contributed by atoms with Crippen molar-refractivity contribution >= 4 is 23.9 Å². The van der Waals surface area contributed by atoms with E-state index in [4.69, 9.17) is 0 Å². The molecule has 5 nitrogen and oxygen atoms in total. The molecule has 18 heavy (non-hydrogen) atoms. The summed E-state index contributed by atoms with van der Waals surface area (Å²) in [5.41, 5.74) is 3.84. The number of rotatable bonds is 5. The number of thioether (sulfide) groups is 1. The minimum atomic E-state index is 0.460. The van der Waals surface area contributed by atoms with Crippen LogP contribution in [0.3, 0.4) is 0 Å². The Kier molecular flexibility index (Phi) is 4.35. The Bertz CT molecular complexity index is 506. The summed E-state index contributed by atoms with van der Waals surface area (Å²) >= 11 is 1.60. The topological polar surface area (TPSA) is 66.0 Å². The van der Waals surface area contributed by atoms with Crippen LogP contribution in [0.5, 0.6) is 0 Å². The predicted molar refractivity (Wildman–Crippen MR) is 75.0 cm³/mol. The largest absolute Gasteiger partial charge is 0.246 e. The van der Waals surface area contributed by atoms with Gasteiger partial charge in [-0.25, -0.2) is 10.5 Å². The zero-order valence-electron chi connectivity index (χ0n) is 10.3. The van der Waals surface area contributed by atoms with Crippen molar-refractivity contribution in [1.82, 2.24) is 15.2 Å². The third kappa shape index (κ3) is 3.89. The van der Waals surface area contributed by atoms with Gasteiger partial charge in [0.15, 0.2) is 0 Å². The third-order valence-electron chi connectivity index (χ3n) is 1.99. The second kappa shape index (κ2) is 6.20. The van der Waals surface area contributed by atoms with Crippen LogP contribution < -0.4 is 5.43 Å². The fourth-order valence-corrected chi connectivity index (χ4v) is 1.93. The number of nitrogens with one attached hydrogen (secondary N) is 2. The molecule has 0 saturated carbocycles. The van der Waals surface area contributed by atoms with Crippen molar-refractivity contribution in [2.24, 2.45) is 5.10 Å². The molecule has 0 aliphatic carbocycles. The highest BCUT2D eigenvalue weighted by Gasteiger charge is 2.04. The lowest BCUT2D eigenvalue weighted by molar-refractivity contribution is 0.961. The molecule has 0 radical (unpaired) electrons. The van der Waals surface area contributed by atoms with E-state index in [0.717, 1.165) is 10.7 Å². The highest BCUT2D eigenvalue weighted by molar-refractivity contribution is 7.99. The highest BCUT2D eigenvalue weighted by atomic mass is 32.2. The molecular formula is C12H15N5S. The van der Waals surface area contributed by atoms with Gasteiger partial charge in [0.05, 0.1) is 6.21 Å². The number of H-pyrrole nitrogens is 1. The summed E-state index contributed by atoms with van der Waals surface area (Å²) in [6.07, 6.45) is 1.73. The summed E-state index contributed by atoms with van der Waals surface area (Å²) in [5, 5.41) is 12.1. The lowest BCUT2D eigenvalue weighted by Gasteiger charge is -1.96. The van der Waals surface area contributed by atoms with Crippen LogP contribution in [-0.4, -0.2) is 26.6 Å². The Balaban J connectivity index is 1.90. The van der Waals surface area contributed by atoms with Gasteiger partial charge in [-0.2, -0.15) is 10.1 Å². The average Bonchev–Trinajstić information content (AvgIpc) is 2.77. The molecule has 2 aromatic rings. The van der Waals surface area contributed by atoms with Crippen LogP contribution in [0.2, 0.25) is 0 Å². The first kappa shape index (κ1) is 12.6. The number of benzene rings is 1. The zero-order chi connectivity index (χ0) is 12.8. The first-order valence-corrected chi connectivity index (χ1v) is 6.55. The van der Waals surface area contributed by atoms with E-state index in [1.165, 1.54) is 0 Å². The predicted octanol–water partition coefficient (Wildman–Crippen LogP) is 2.75. The quantitative estimate of drug-likeness (QED) is 0.493. The number of aromatic amines is 1. The molecule has 0 unspecified atom stereocenters. The molecule has 0 amide bonds. The summed E-state index contributed by atoms with van der Waals surface area (Å²) in [6, 6.07) is 9.86. The van der Waals surface area contributed by atoms with E-state index in [1.807, 2.05) is 30.3 Å². The molecule has 0 spiro atoms. The van der Waals surface area contributed by atoms with Gasteiger partial charge < -0.3 is 0 Å². The normalized spacial score (nSPS) is 11.3. The minimum Gasteiger partial charge on any atom is -0.246 e. The third-order valence-corrected chi connectivity index (χ3v) is 2.85. The van der Waals surface area contributed by atoms with Crippen molar-refractivity contribution in [2.75, 3.05) is 5.43 Å². The summed E-state index contributed by atoms with van der Waals surface area (Å²) in [5.74, 6) is 0.547. The van der Waals surface area contributed by atoms with Crippen molar-refractivity contribution in [1.29, 1.82) is 0 Å². The summed E-state index contributed by atoms with van der Waals surface area (Å²) < 4.78 is 0. The van der Waals surface area contributed by atoms with Crippen molar-refractivity contribution in [3.8, 4) is 0 Å². The minimum absolute atomic E-state index is 0.460. The lowest BCUT2D eigenvalue weighted by atomic mass is 10.2. The van der Waals surface area contributed by atoms with Crippen LogP contribution in [0.15, 0.2) is 40.6 Å². The molecule has 0 saturated heterocycles. The highest BCUT2D eigenvalue weighted by Crippen LogP contribution is 2.18. The van der Waals surface area contributed by atoms with Crippen molar-refractivity contribution in [3.05, 3.63) is 35.9 Å². The van der Waals surface area contributed by atoms with E-state index in [9.17, 15) is 0 Å². The number of aromatic nitrogens is 3. The molecule has 0 aliphatic heterocycles. The monoisotopic (exact) mass is 261 g/mol. The maximum Gasteiger partial charge on any atom is 0.240 e. The van der Waals surface area contributed by atoms with Crippen LogP contribution in [0.25, 0.3) is 0 Å². The Morgan fingerprint density at radius 2 is 2.11 bits per heavy atom. The van der Waals surface area contributed by atoms with Gasteiger partial charge >= 0.3 is 0 Å². The second-order valence-electron chi connectivity index (χ2n) is 3.91. The number of anilines is 1. The molecule has 2 N–H and O–H groups in total. The molecule has 1 aromatic heterocycles. The van der Waals surface area contributed by atoms with E-state index in [2.05, 4.69) is 39.6 Å². The summed E-state index contributed by atoms with van der Waals surface area (Å²) in [4.78, 5) is 4.25. The number of hydrazone groups is 1. The summed E-state index contributed by atoms with van der Waals surface area (Å²) in [6.45, 7) is 4.20. The maximum atomic E-state index is 4.25. The molecule has 0 atom stereocenters. The first-order chi connectivity index (χ1) is 8.74. The maximum absolute atomic E-state index is 4.25. The van der Waals surface area contributed by atoms with Crippen LogP contribution >= 0.6 is 11.8 Å². The van der Waals surface area contributed by atoms with Gasteiger partial charge in [-0.1, -0.05) is 55.9 Å². The molecule has 0 aliphatic rings. The van der Waals surface area contributed by atoms with Crippen molar-refractivity contribution < 1.29 is 0 Å². The molecule has 1 aromatic carbocycles. The van der Waals surface area contributed by atoms with Crippen molar-refractivity contribution in [3.63, 3.8) is 0 Å². The average molecular weight is 261 g/mol. The second-order valence-corrected chi connectivity index (χ2v) is 5.46. The molecule has 94 valence electrons. The Labute approximate surface area is 110 Å². The standard InChI is InChI=1S/C12H15N5S/c1-9(2)18-12-14-11(16-17-12)15-13-8-10-6-4-3-5-7-10/h3-9H,1-2H3,(H2,14,15,16,17)/b13-8-. The van der Waals surface area contributed by atoms with E-state index in [1.54, 1.807) is 18.0 Å². The fourth-order valence-electron chi connectivity index (χ4n) is 1.27. The number of hydrogen-bond donors (Lipinski definition) is 2. The molecule has 2 rings (SSSR count). The Morgan fingerprint density at radius 1 is 1.33 bits per heavy atom. The molecular weight excluding hydrogens is 246 g/mol. The molecule has 0 fully saturated rings. The summed E-state index contributed by atoms with van der Waals surface area (Å²) in [7, 11) is 0. The van der Waals surface area contributed by atoms with Gasteiger partial charge in [0, 0.05) is 5.25 Å². The van der Waals surface area contributed by atoms with E-state index >= 15 is 0 Å². The number of hydrogen-bond acceptors (Lipinski definition) is 5. The van der Waals surface area contributed by atoms with Gasteiger partial charge in [-0.3, -0.25) is 0 Å². The molecule has 1 heterocycles. The van der Waals surface area contributed by atoms with Gasteiger partial charge in [0.2, 0.25) is 11.1 Å². The van der Waals surface area contributed by atoms with Crippen molar-refractivity contribution in [2.45, 2.75) is 24.3 Å². The lowest BCUT2D eigenvalue weighted by Crippen LogP contribution is -1.92. The molecule has 6 heteroatoms. The Hall–Kier alpha value is -1.82. The SMILES string of the molecule is CC(C)Sc1n[nH]c(N/N=C\c2ccccc2)n1. The van der Waals surface area contributed by atoms with Crippen LogP contribution in [-0.2, 0) is 0 Å². The van der Waals surface area contributed by atoms with Crippen LogP contribution in [0.1, 0.15) is 19.4 Å². The van der Waals surface area contributed by atoms with E-state index in [-0.39, 0.29) is 0 Å². The Morgan fingerprint density at radius 3 is 2.83 bits per heavy atom. The number of nitrogens with zero attached hydrogens (tertiary/aromatic N) is 3. The zero-order valence-corrected chi connectivity index (χ0v) is 11.1. The molecule has 0 bridgehead atoms. The van der Waals surface area contributed by atoms with Crippen LogP contribution in [0, 0.1) is 0 Å². The van der Waals surface area contributed by atoms with Gasteiger partial charge in [0.1, 0.15) is 0 Å².